The van der Waals surface area contributed by atoms with Crippen LogP contribution in [-0.2, 0) is 15.1 Å². The van der Waals surface area contributed by atoms with Crippen molar-refractivity contribution in [2.45, 2.75) is 12.5 Å². The van der Waals surface area contributed by atoms with Crippen molar-refractivity contribution in [3.8, 4) is 0 Å². The number of benzene rings is 2. The molecule has 0 aliphatic heterocycles. The zero-order valence-electron chi connectivity index (χ0n) is 15.0. The third kappa shape index (κ3) is 5.14. The lowest BCUT2D eigenvalue weighted by Crippen LogP contribution is -3.00. The molecule has 0 heterocycles. The van der Waals surface area contributed by atoms with Crippen molar-refractivity contribution in [2.24, 2.45) is 0 Å². The van der Waals surface area contributed by atoms with Crippen LogP contribution in [-0.4, -0.2) is 49.4 Å². The second kappa shape index (κ2) is 9.13. The molecule has 2 aromatic carbocycles. The minimum absolute atomic E-state index is 0. The Kier molecular flexibility index (Phi) is 7.80. The minimum Gasteiger partial charge on any atom is -1.00 e. The van der Waals surface area contributed by atoms with Crippen LogP contribution in [0.15, 0.2) is 60.7 Å². The molecule has 0 aliphatic carbocycles. The van der Waals surface area contributed by atoms with E-state index in [4.69, 9.17) is 4.74 Å². The van der Waals surface area contributed by atoms with Gasteiger partial charge >= 0.3 is 5.97 Å². The second-order valence-electron chi connectivity index (χ2n) is 6.55. The fourth-order valence-corrected chi connectivity index (χ4v) is 2.41. The number of likely N-dealkylation sites (N-methyl/N-ethyl adjacent to an activating group) is 1. The minimum atomic E-state index is -1.80. The molecule has 2 aromatic rings. The summed E-state index contributed by atoms with van der Waals surface area (Å²) >= 11 is 0. The number of quaternary nitrogens is 1. The number of aliphatic hydroxyl groups is 1. The number of carbonyl (C=O) groups excluding carboxylic acids is 1. The number of carbonyl (C=O) groups is 1. The van der Waals surface area contributed by atoms with Crippen molar-refractivity contribution in [3.05, 3.63) is 71.8 Å². The van der Waals surface area contributed by atoms with Crippen LogP contribution in [0.2, 0.25) is 0 Å². The summed E-state index contributed by atoms with van der Waals surface area (Å²) in [5.41, 5.74) is -0.790. The van der Waals surface area contributed by atoms with Crippen LogP contribution in [0.4, 0.5) is 0 Å². The second-order valence-corrected chi connectivity index (χ2v) is 6.55. The Balaban J connectivity index is 0.00000312. The molecule has 2 rings (SSSR count). The van der Waals surface area contributed by atoms with Gasteiger partial charge in [-0.25, -0.2) is 4.79 Å². The van der Waals surface area contributed by atoms with Gasteiger partial charge in [0.15, 0.2) is 0 Å². The maximum atomic E-state index is 12.8. The first-order chi connectivity index (χ1) is 11.4. The highest BCUT2D eigenvalue weighted by molar-refractivity contribution is 5.85. The molecule has 0 radical (unpaired) electrons. The molecule has 0 atom stereocenters. The molecule has 0 saturated heterocycles. The van der Waals surface area contributed by atoms with Gasteiger partial charge in [0.1, 0.15) is 13.2 Å². The largest absolute Gasteiger partial charge is 1.00 e. The zero-order valence-corrected chi connectivity index (χ0v) is 16.6. The highest BCUT2D eigenvalue weighted by atomic mass is 79.9. The first-order valence-electron chi connectivity index (χ1n) is 8.23. The summed E-state index contributed by atoms with van der Waals surface area (Å²) in [5, 5.41) is 11.2. The topological polar surface area (TPSA) is 46.5 Å². The van der Waals surface area contributed by atoms with Gasteiger partial charge in [-0.1, -0.05) is 60.7 Å². The molecule has 0 spiro atoms. The van der Waals surface area contributed by atoms with E-state index in [1.807, 2.05) is 12.1 Å². The van der Waals surface area contributed by atoms with Crippen LogP contribution in [0.1, 0.15) is 18.1 Å². The van der Waals surface area contributed by atoms with Crippen molar-refractivity contribution in [3.63, 3.8) is 0 Å². The van der Waals surface area contributed by atoms with E-state index in [-0.39, 0.29) is 23.6 Å². The number of halogens is 1. The smallest absolute Gasteiger partial charge is 0.347 e. The lowest BCUT2D eigenvalue weighted by molar-refractivity contribution is -0.888. The monoisotopic (exact) mass is 407 g/mol. The summed E-state index contributed by atoms with van der Waals surface area (Å²) < 4.78 is 6.20. The van der Waals surface area contributed by atoms with Crippen molar-refractivity contribution >= 4 is 5.97 Å². The Bertz CT molecular complexity index is 620. The van der Waals surface area contributed by atoms with Gasteiger partial charge in [0.05, 0.1) is 20.6 Å². The third-order valence-electron chi connectivity index (χ3n) is 4.46. The van der Waals surface area contributed by atoms with Crippen molar-refractivity contribution in [2.75, 3.05) is 33.8 Å². The van der Waals surface area contributed by atoms with E-state index in [9.17, 15) is 9.90 Å². The van der Waals surface area contributed by atoms with Crippen LogP contribution in [0.3, 0.4) is 0 Å². The Labute approximate surface area is 160 Å². The van der Waals surface area contributed by atoms with E-state index in [1.165, 1.54) is 0 Å². The molecule has 1 N–H and O–H groups in total. The molecule has 5 heteroatoms. The molecule has 0 bridgehead atoms. The number of nitrogens with zero attached hydrogens (tertiary/aromatic N) is 1. The Morgan fingerprint density at radius 1 is 1.00 bits per heavy atom. The van der Waals surface area contributed by atoms with Crippen LogP contribution in [0.5, 0.6) is 0 Å². The molecule has 25 heavy (non-hydrogen) atoms. The standard InChI is InChI=1S/C20H26NO3.BrH/c1-4-21(2,3)15-16-24-19(22)20(23,17-11-7-5-8-12-17)18-13-9-6-10-14-18;/h5-14,23H,4,15-16H2,1-3H3;1H/q+1;/p-1. The normalized spacial score (nSPS) is 11.5. The fourth-order valence-electron chi connectivity index (χ4n) is 2.41. The van der Waals surface area contributed by atoms with E-state index in [0.717, 1.165) is 11.0 Å². The van der Waals surface area contributed by atoms with E-state index in [0.29, 0.717) is 17.7 Å². The summed E-state index contributed by atoms with van der Waals surface area (Å²) in [7, 11) is 4.16. The summed E-state index contributed by atoms with van der Waals surface area (Å²) in [4.78, 5) is 12.8. The lowest BCUT2D eigenvalue weighted by Gasteiger charge is -2.30. The average molecular weight is 408 g/mol. The summed E-state index contributed by atoms with van der Waals surface area (Å²) in [6.07, 6.45) is 0. The molecule has 4 nitrogen and oxygen atoms in total. The van der Waals surface area contributed by atoms with Gasteiger partial charge in [-0.3, -0.25) is 0 Å². The number of ether oxygens (including phenoxy) is 1. The van der Waals surface area contributed by atoms with Crippen molar-refractivity contribution in [1.82, 2.24) is 0 Å². The van der Waals surface area contributed by atoms with Crippen molar-refractivity contribution in [1.29, 1.82) is 0 Å². The maximum absolute atomic E-state index is 12.8. The molecule has 0 aliphatic rings. The predicted molar refractivity (Wildman–Crippen MR) is 94.4 cm³/mol. The molecule has 0 unspecified atom stereocenters. The van der Waals surface area contributed by atoms with Gasteiger partial charge in [0, 0.05) is 0 Å². The highest BCUT2D eigenvalue weighted by Gasteiger charge is 2.41. The van der Waals surface area contributed by atoms with Gasteiger partial charge in [-0.05, 0) is 18.1 Å². The first kappa shape index (κ1) is 21.4. The highest BCUT2D eigenvalue weighted by Crippen LogP contribution is 2.31. The molecular formula is C20H26BrNO3. The maximum Gasteiger partial charge on any atom is 0.347 e. The number of hydrogen-bond donors (Lipinski definition) is 1. The van der Waals surface area contributed by atoms with Crippen LogP contribution < -0.4 is 17.0 Å². The molecule has 0 amide bonds. The van der Waals surface area contributed by atoms with Gasteiger partial charge in [0.25, 0.3) is 0 Å². The van der Waals surface area contributed by atoms with Crippen molar-refractivity contribution < 1.29 is 36.1 Å². The van der Waals surface area contributed by atoms with Crippen LogP contribution >= 0.6 is 0 Å². The SMILES string of the molecule is CC[N+](C)(C)CCOC(=O)C(O)(c1ccccc1)c1ccccc1.[Br-]. The van der Waals surface area contributed by atoms with E-state index >= 15 is 0 Å². The number of rotatable bonds is 7. The van der Waals surface area contributed by atoms with E-state index in [1.54, 1.807) is 48.5 Å². The van der Waals surface area contributed by atoms with Gasteiger partial charge < -0.3 is 31.3 Å². The van der Waals surface area contributed by atoms with Gasteiger partial charge in [-0.2, -0.15) is 0 Å². The fraction of sp³-hybridized carbons (Fsp3) is 0.350. The zero-order chi connectivity index (χ0) is 17.6. The van der Waals surface area contributed by atoms with Gasteiger partial charge in [0.2, 0.25) is 5.60 Å². The van der Waals surface area contributed by atoms with E-state index in [2.05, 4.69) is 21.0 Å². The molecule has 0 aromatic heterocycles. The number of esters is 1. The molecule has 0 fully saturated rings. The lowest BCUT2D eigenvalue weighted by atomic mass is 9.86. The predicted octanol–water partition coefficient (Wildman–Crippen LogP) is -0.434. The molecule has 0 saturated carbocycles. The quantitative estimate of drug-likeness (QED) is 0.500. The number of hydrogen-bond acceptors (Lipinski definition) is 3. The Hall–Kier alpha value is -1.69. The summed E-state index contributed by atoms with van der Waals surface area (Å²) in [5.74, 6) is -0.643. The first-order valence-corrected chi connectivity index (χ1v) is 8.23. The molecular weight excluding hydrogens is 382 g/mol. The molecule has 136 valence electrons. The Morgan fingerprint density at radius 3 is 1.84 bits per heavy atom. The van der Waals surface area contributed by atoms with Crippen LogP contribution in [0.25, 0.3) is 0 Å². The summed E-state index contributed by atoms with van der Waals surface area (Å²) in [6.45, 7) is 3.99. The van der Waals surface area contributed by atoms with Crippen LogP contribution in [0, 0.1) is 0 Å². The van der Waals surface area contributed by atoms with Gasteiger partial charge in [-0.15, -0.1) is 0 Å². The summed E-state index contributed by atoms with van der Waals surface area (Å²) in [6, 6.07) is 17.8. The van der Waals surface area contributed by atoms with E-state index < -0.39 is 11.6 Å². The average Bonchev–Trinajstić information content (AvgIpc) is 2.62. The Morgan fingerprint density at radius 2 is 1.44 bits per heavy atom. The third-order valence-corrected chi connectivity index (χ3v) is 4.46.